The molecule has 21 rings (SSSR count). The van der Waals surface area contributed by atoms with Gasteiger partial charge in [-0.05, 0) is 208 Å². The Morgan fingerprint density at radius 2 is 0.846 bits per heavy atom. The summed E-state index contributed by atoms with van der Waals surface area (Å²) in [5.41, 5.74) is 27.4. The molecule has 8 heteroatoms. The molecule has 0 fully saturated rings. The van der Waals surface area contributed by atoms with Crippen molar-refractivity contribution in [3.05, 3.63) is 356 Å². The van der Waals surface area contributed by atoms with Crippen molar-refractivity contribution in [3.8, 4) is 33.9 Å². The van der Waals surface area contributed by atoms with Crippen LogP contribution in [0.1, 0.15) is 31.5 Å². The lowest BCUT2D eigenvalue weighted by molar-refractivity contribution is 0.666. The van der Waals surface area contributed by atoms with Crippen molar-refractivity contribution < 1.29 is 8.83 Å². The topological polar surface area (TPSA) is 52.5 Å². The van der Waals surface area contributed by atoms with Crippen LogP contribution in [-0.4, -0.2) is 18.3 Å². The van der Waals surface area contributed by atoms with E-state index in [0.29, 0.717) is 0 Å². The summed E-state index contributed by atoms with van der Waals surface area (Å²) in [6.07, 6.45) is 10.7. The Hall–Kier alpha value is -13.6. The molecule has 14 aromatic carbocycles. The monoisotopic (exact) mass is 1330 g/mol. The Balaban J connectivity index is 0.680. The van der Waals surface area contributed by atoms with E-state index in [9.17, 15) is 0 Å². The number of anilines is 4. The molecule has 0 saturated carbocycles. The van der Waals surface area contributed by atoms with E-state index >= 15 is 0 Å². The number of fused-ring (bicyclic) bond motifs is 18. The van der Waals surface area contributed by atoms with Crippen LogP contribution in [0, 0.1) is 0 Å². The lowest BCUT2D eigenvalue weighted by Crippen LogP contribution is -2.19. The Bertz CT molecular complexity index is 6940. The molecule has 6 aromatic heterocycles. The maximum Gasteiger partial charge on any atom is 0.159 e. The number of aromatic nitrogens is 4. The first-order valence-electron chi connectivity index (χ1n) is 35.9. The molecule has 8 nitrogen and oxygen atoms in total. The van der Waals surface area contributed by atoms with Crippen molar-refractivity contribution in [2.75, 3.05) is 9.80 Å². The number of hydrogen-bond acceptors (Lipinski definition) is 4. The summed E-state index contributed by atoms with van der Waals surface area (Å²) >= 11 is 0. The largest absolute Gasteiger partial charge is 0.456 e. The molecular weight excluding hydrogens is 1270 g/mol. The normalized spacial score (nSPS) is 12.9. The fourth-order valence-corrected chi connectivity index (χ4v) is 17.1. The van der Waals surface area contributed by atoms with Gasteiger partial charge in [-0.2, -0.15) is 0 Å². The predicted molar refractivity (Wildman–Crippen MR) is 435 cm³/mol. The van der Waals surface area contributed by atoms with Crippen molar-refractivity contribution >= 4 is 149 Å². The van der Waals surface area contributed by atoms with Crippen LogP contribution < -0.4 is 9.80 Å². The Labute approximate surface area is 599 Å². The zero-order valence-electron chi connectivity index (χ0n) is 57.2. The van der Waals surface area contributed by atoms with Crippen LogP contribution in [0.25, 0.3) is 160 Å². The molecule has 0 atom stereocenters. The number of allylic oxidation sites excluding steroid dienone is 5. The van der Waals surface area contributed by atoms with Gasteiger partial charge in [0.05, 0.1) is 44.3 Å². The summed E-state index contributed by atoms with van der Waals surface area (Å²) < 4.78 is 23.3. The first-order chi connectivity index (χ1) is 51.5. The van der Waals surface area contributed by atoms with E-state index in [-0.39, 0.29) is 0 Å². The van der Waals surface area contributed by atoms with Gasteiger partial charge in [0.2, 0.25) is 0 Å². The number of benzene rings is 14. The fraction of sp³-hybridized carbons (Fsp3) is 0.0417. The standard InChI is InChI=1S/C96H66N6O2/c1-3-4-24-61(2)97(69-46-49-86-76(54-69)81-60-92-79(58-91(81)99(86)66-29-13-7-14-30-66)73-34-18-21-38-85(73)102(92)88-39-23-36-75-74-35-19-22-40-93(74)104-96(75)88)68-44-41-62(42-45-68)63-43-51-94-82(53-63)83-56-71(48-52-95(83)103-94)101-84-37-20-17-33-72(84)78-57-90-80(59-89(78)101)77-55-70(47-50-87(77)100(90)67-31-15-8-16-32-67)98(64-25-9-5-10-26-64)65-27-11-6-12-28-65/h3-46,48-49,51-60H,47,50H2,1-2H3/b4-3-,61-24+. The third-order valence-electron chi connectivity index (χ3n) is 21.7. The highest BCUT2D eigenvalue weighted by Crippen LogP contribution is 2.48. The van der Waals surface area contributed by atoms with Crippen molar-refractivity contribution in [1.82, 2.24) is 18.3 Å². The van der Waals surface area contributed by atoms with Gasteiger partial charge in [-0.25, -0.2) is 0 Å². The van der Waals surface area contributed by atoms with Crippen molar-refractivity contribution in [3.63, 3.8) is 0 Å². The second-order valence-electron chi connectivity index (χ2n) is 27.5. The average Bonchev–Trinajstić information content (AvgIpc) is 1.55. The van der Waals surface area contributed by atoms with E-state index in [1.54, 1.807) is 0 Å². The van der Waals surface area contributed by atoms with Crippen LogP contribution in [0.2, 0.25) is 0 Å². The number of furan rings is 2. The molecule has 0 spiro atoms. The molecule has 0 amide bonds. The third kappa shape index (κ3) is 9.18. The molecule has 0 saturated heterocycles. The summed E-state index contributed by atoms with van der Waals surface area (Å²) in [6.45, 7) is 4.27. The van der Waals surface area contributed by atoms with Gasteiger partial charge >= 0.3 is 0 Å². The molecule has 1 aliphatic carbocycles. The summed E-state index contributed by atoms with van der Waals surface area (Å²) in [5, 5.41) is 12.7. The van der Waals surface area contributed by atoms with Crippen LogP contribution in [0.15, 0.2) is 354 Å². The van der Waals surface area contributed by atoms with E-state index in [0.717, 1.165) is 157 Å². The highest BCUT2D eigenvalue weighted by Gasteiger charge is 2.29. The van der Waals surface area contributed by atoms with E-state index in [1.807, 2.05) is 6.07 Å². The molecule has 492 valence electrons. The maximum absolute atomic E-state index is 6.76. The van der Waals surface area contributed by atoms with Gasteiger partial charge in [0, 0.05) is 122 Å². The number of para-hydroxylation sites is 8. The molecule has 1 aliphatic rings. The minimum atomic E-state index is 0.849. The molecule has 0 radical (unpaired) electrons. The van der Waals surface area contributed by atoms with Gasteiger partial charge in [-0.1, -0.05) is 170 Å². The molecule has 104 heavy (non-hydrogen) atoms. The molecule has 0 aliphatic heterocycles. The second-order valence-corrected chi connectivity index (χ2v) is 27.5. The van der Waals surface area contributed by atoms with Crippen LogP contribution in [-0.2, 0) is 6.42 Å². The fourth-order valence-electron chi connectivity index (χ4n) is 17.1. The molecule has 0 N–H and O–H groups in total. The smallest absolute Gasteiger partial charge is 0.159 e. The highest BCUT2D eigenvalue weighted by atomic mass is 16.3. The minimum absolute atomic E-state index is 0.849. The third-order valence-corrected chi connectivity index (χ3v) is 21.7. The first kappa shape index (κ1) is 59.3. The number of nitrogens with zero attached hydrogens (tertiary/aromatic N) is 6. The summed E-state index contributed by atoms with van der Waals surface area (Å²) in [5.74, 6) is 0. The van der Waals surface area contributed by atoms with Crippen LogP contribution >= 0.6 is 0 Å². The SMILES string of the molecule is C/C=C\C=C(/C)N(c1ccc(-c2ccc3oc4ccc(-n5c6ccccc6c6cc7c(cc65)c5c(n7-c6ccccc6)CCC(N(c6ccccc6)c6ccccc6)=C5)cc4c3c2)cc1)c1ccc2c(c1)c1cc3c(cc1n2-c1ccccc1)c1ccccc1n3-c1cccc2c1oc1ccccc12. The van der Waals surface area contributed by atoms with E-state index in [4.69, 9.17) is 8.83 Å². The first-order valence-corrected chi connectivity index (χ1v) is 35.9. The van der Waals surface area contributed by atoms with Gasteiger partial charge in [0.25, 0.3) is 0 Å². The molecular formula is C96H66N6O2. The maximum atomic E-state index is 6.76. The van der Waals surface area contributed by atoms with Gasteiger partial charge in [-0.15, -0.1) is 0 Å². The van der Waals surface area contributed by atoms with E-state index in [2.05, 4.69) is 376 Å². The van der Waals surface area contributed by atoms with Crippen LogP contribution in [0.4, 0.5) is 22.7 Å². The average molecular weight is 1340 g/mol. The lowest BCUT2D eigenvalue weighted by atomic mass is 9.97. The Morgan fingerprint density at radius 1 is 0.337 bits per heavy atom. The Morgan fingerprint density at radius 3 is 1.54 bits per heavy atom. The minimum Gasteiger partial charge on any atom is -0.456 e. The van der Waals surface area contributed by atoms with Crippen molar-refractivity contribution in [2.24, 2.45) is 0 Å². The Kier molecular flexibility index (Phi) is 13.4. The highest BCUT2D eigenvalue weighted by molar-refractivity contribution is 6.21. The van der Waals surface area contributed by atoms with E-state index in [1.165, 1.54) is 55.1 Å². The van der Waals surface area contributed by atoms with Gasteiger partial charge < -0.3 is 36.9 Å². The predicted octanol–water partition coefficient (Wildman–Crippen LogP) is 26.1. The van der Waals surface area contributed by atoms with Crippen molar-refractivity contribution in [1.29, 1.82) is 0 Å². The van der Waals surface area contributed by atoms with Crippen molar-refractivity contribution in [2.45, 2.75) is 26.7 Å². The van der Waals surface area contributed by atoms with Gasteiger partial charge in [0.1, 0.15) is 16.7 Å². The molecule has 0 unspecified atom stereocenters. The summed E-state index contributed by atoms with van der Waals surface area (Å²) in [6, 6.07) is 115. The van der Waals surface area contributed by atoms with Gasteiger partial charge in [0.15, 0.2) is 5.58 Å². The summed E-state index contributed by atoms with van der Waals surface area (Å²) in [7, 11) is 0. The molecule has 20 aromatic rings. The van der Waals surface area contributed by atoms with E-state index < -0.39 is 0 Å². The second kappa shape index (κ2) is 23.5. The number of hydrogen-bond donors (Lipinski definition) is 0. The zero-order chi connectivity index (χ0) is 68.7. The molecule has 6 heterocycles. The lowest BCUT2D eigenvalue weighted by Gasteiger charge is -2.30. The number of rotatable bonds is 12. The molecule has 0 bridgehead atoms. The quantitative estimate of drug-likeness (QED) is 0.114. The summed E-state index contributed by atoms with van der Waals surface area (Å²) in [4.78, 5) is 4.82. The van der Waals surface area contributed by atoms with Crippen LogP contribution in [0.5, 0.6) is 0 Å². The zero-order valence-corrected chi connectivity index (χ0v) is 57.2. The van der Waals surface area contributed by atoms with Gasteiger partial charge in [-0.3, -0.25) is 0 Å². The van der Waals surface area contributed by atoms with Crippen LogP contribution in [0.3, 0.4) is 0 Å².